The summed E-state index contributed by atoms with van der Waals surface area (Å²) in [5.41, 5.74) is 0. The lowest BCUT2D eigenvalue weighted by Gasteiger charge is -2.39. The van der Waals surface area contributed by atoms with Gasteiger partial charge in [-0.1, -0.05) is 12.1 Å². The molecule has 1 heterocycles. The van der Waals surface area contributed by atoms with Gasteiger partial charge in [0.2, 0.25) is 11.8 Å². The van der Waals surface area contributed by atoms with Crippen LogP contribution in [0.1, 0.15) is 12.8 Å². The zero-order valence-corrected chi connectivity index (χ0v) is 13.2. The van der Waals surface area contributed by atoms with Gasteiger partial charge in [0.15, 0.2) is 11.5 Å². The normalized spacial score (nSPS) is 14.2. The summed E-state index contributed by atoms with van der Waals surface area (Å²) in [4.78, 5) is 26.6. The fraction of sp³-hybridized carbons (Fsp3) is 0.500. The molecule has 22 heavy (non-hydrogen) atoms. The molecule has 0 unspecified atom stereocenters. The van der Waals surface area contributed by atoms with Crippen molar-refractivity contribution in [2.45, 2.75) is 18.9 Å². The first-order valence-corrected chi connectivity index (χ1v) is 7.29. The van der Waals surface area contributed by atoms with E-state index < -0.39 is 0 Å². The van der Waals surface area contributed by atoms with Crippen LogP contribution in [0.25, 0.3) is 0 Å². The fourth-order valence-electron chi connectivity index (χ4n) is 2.21. The third-order valence-electron chi connectivity index (χ3n) is 3.61. The van der Waals surface area contributed by atoms with Crippen molar-refractivity contribution in [3.8, 4) is 11.5 Å². The van der Waals surface area contributed by atoms with Crippen molar-refractivity contribution in [2.24, 2.45) is 0 Å². The number of carbonyl (C=O) groups excluding carboxylic acids is 2. The number of benzene rings is 1. The maximum Gasteiger partial charge on any atom is 0.223 e. The molecule has 0 aliphatic carbocycles. The van der Waals surface area contributed by atoms with Gasteiger partial charge in [-0.2, -0.15) is 0 Å². The van der Waals surface area contributed by atoms with Crippen LogP contribution in [0.5, 0.6) is 11.5 Å². The Balaban J connectivity index is 1.75. The second-order valence-electron chi connectivity index (χ2n) is 5.48. The van der Waals surface area contributed by atoms with Crippen molar-refractivity contribution in [1.29, 1.82) is 0 Å². The Morgan fingerprint density at radius 1 is 1.18 bits per heavy atom. The first-order valence-electron chi connectivity index (χ1n) is 7.29. The minimum Gasteiger partial charge on any atom is -0.493 e. The molecule has 1 saturated heterocycles. The van der Waals surface area contributed by atoms with Gasteiger partial charge in [-0.05, 0) is 12.1 Å². The number of hydrogen-bond acceptors (Lipinski definition) is 4. The molecule has 1 aliphatic heterocycles. The van der Waals surface area contributed by atoms with Crippen LogP contribution in [0.4, 0.5) is 0 Å². The summed E-state index contributed by atoms with van der Waals surface area (Å²) in [6.07, 6.45) is 0.475. The molecule has 6 nitrogen and oxygen atoms in total. The van der Waals surface area contributed by atoms with Crippen LogP contribution in [0.15, 0.2) is 24.3 Å². The molecule has 6 heteroatoms. The molecule has 0 spiro atoms. The van der Waals surface area contributed by atoms with Crippen molar-refractivity contribution in [3.05, 3.63) is 24.3 Å². The lowest BCUT2D eigenvalue weighted by atomic mass is 10.1. The second-order valence-corrected chi connectivity index (χ2v) is 5.48. The predicted molar refractivity (Wildman–Crippen MR) is 81.9 cm³/mol. The number of likely N-dealkylation sites (tertiary alicyclic amines) is 1. The van der Waals surface area contributed by atoms with Crippen molar-refractivity contribution in [2.75, 3.05) is 34.3 Å². The van der Waals surface area contributed by atoms with Gasteiger partial charge < -0.3 is 19.3 Å². The summed E-state index contributed by atoms with van der Waals surface area (Å²) in [7, 11) is 4.97. The Hall–Kier alpha value is -2.24. The molecular weight excluding hydrogens is 284 g/mol. The summed E-state index contributed by atoms with van der Waals surface area (Å²) in [6.45, 7) is 1.10. The molecule has 1 aromatic rings. The van der Waals surface area contributed by atoms with Crippen molar-refractivity contribution >= 4 is 11.8 Å². The molecule has 0 N–H and O–H groups in total. The van der Waals surface area contributed by atoms with Crippen LogP contribution >= 0.6 is 0 Å². The van der Waals surface area contributed by atoms with E-state index in [2.05, 4.69) is 0 Å². The number of methoxy groups -OCH3 is 1. The molecule has 1 fully saturated rings. The Bertz CT molecular complexity index is 539. The summed E-state index contributed by atoms with van der Waals surface area (Å²) in [5, 5.41) is 0. The van der Waals surface area contributed by atoms with Gasteiger partial charge in [0.1, 0.15) is 6.10 Å². The molecule has 1 aliphatic rings. The Morgan fingerprint density at radius 2 is 1.82 bits per heavy atom. The fourth-order valence-corrected chi connectivity index (χ4v) is 2.21. The predicted octanol–water partition coefficient (Wildman–Crippen LogP) is 1.15. The topological polar surface area (TPSA) is 59.1 Å². The Morgan fingerprint density at radius 3 is 2.41 bits per heavy atom. The maximum absolute atomic E-state index is 11.9. The summed E-state index contributed by atoms with van der Waals surface area (Å²) >= 11 is 0. The van der Waals surface area contributed by atoms with E-state index in [1.54, 1.807) is 26.1 Å². The van der Waals surface area contributed by atoms with E-state index in [0.717, 1.165) is 0 Å². The Kier molecular flexibility index (Phi) is 5.25. The SMILES string of the molecule is COc1ccccc1OC1CN(C(=O)CCC(=O)N(C)C)C1. The number of amides is 2. The molecular formula is C16H22N2O4. The van der Waals surface area contributed by atoms with Crippen LogP contribution in [-0.2, 0) is 9.59 Å². The third kappa shape index (κ3) is 3.90. The van der Waals surface area contributed by atoms with Crippen LogP contribution < -0.4 is 9.47 Å². The van der Waals surface area contributed by atoms with Crippen LogP contribution in [0, 0.1) is 0 Å². The summed E-state index contributed by atoms with van der Waals surface area (Å²) in [5.74, 6) is 1.33. The zero-order chi connectivity index (χ0) is 16.1. The highest BCUT2D eigenvalue weighted by atomic mass is 16.5. The van der Waals surface area contributed by atoms with E-state index in [-0.39, 0.29) is 30.8 Å². The molecule has 1 aromatic carbocycles. The highest BCUT2D eigenvalue weighted by Crippen LogP contribution is 2.28. The number of para-hydroxylation sites is 2. The van der Waals surface area contributed by atoms with E-state index in [4.69, 9.17) is 9.47 Å². The van der Waals surface area contributed by atoms with Gasteiger partial charge in [0.05, 0.1) is 20.2 Å². The number of rotatable bonds is 6. The van der Waals surface area contributed by atoms with E-state index in [9.17, 15) is 9.59 Å². The first-order chi connectivity index (χ1) is 10.5. The van der Waals surface area contributed by atoms with Gasteiger partial charge in [-0.3, -0.25) is 9.59 Å². The quantitative estimate of drug-likeness (QED) is 0.791. The van der Waals surface area contributed by atoms with Crippen molar-refractivity contribution in [1.82, 2.24) is 9.80 Å². The van der Waals surface area contributed by atoms with Crippen LogP contribution in [0.2, 0.25) is 0 Å². The van der Waals surface area contributed by atoms with E-state index >= 15 is 0 Å². The van der Waals surface area contributed by atoms with Crippen molar-refractivity contribution < 1.29 is 19.1 Å². The maximum atomic E-state index is 11.9. The molecule has 2 rings (SSSR count). The van der Waals surface area contributed by atoms with Gasteiger partial charge >= 0.3 is 0 Å². The number of ether oxygens (including phenoxy) is 2. The van der Waals surface area contributed by atoms with E-state index in [0.29, 0.717) is 24.6 Å². The largest absolute Gasteiger partial charge is 0.493 e. The minimum absolute atomic E-state index is 0.00456. The highest BCUT2D eigenvalue weighted by molar-refractivity contribution is 5.84. The molecule has 2 amide bonds. The van der Waals surface area contributed by atoms with Crippen LogP contribution in [-0.4, -0.2) is 62.0 Å². The number of hydrogen-bond donors (Lipinski definition) is 0. The molecule has 0 bridgehead atoms. The Labute approximate surface area is 130 Å². The molecule has 0 radical (unpaired) electrons. The number of carbonyl (C=O) groups is 2. The number of nitrogens with zero attached hydrogens (tertiary/aromatic N) is 2. The molecule has 0 aromatic heterocycles. The average Bonchev–Trinajstić information content (AvgIpc) is 2.47. The van der Waals surface area contributed by atoms with E-state index in [1.807, 2.05) is 24.3 Å². The zero-order valence-electron chi connectivity index (χ0n) is 13.2. The standard InChI is InChI=1S/C16H22N2O4/c1-17(2)15(19)8-9-16(20)18-10-12(11-18)22-14-7-5-4-6-13(14)21-3/h4-7,12H,8-11H2,1-3H3. The van der Waals surface area contributed by atoms with Gasteiger partial charge in [0.25, 0.3) is 0 Å². The lowest BCUT2D eigenvalue weighted by molar-refractivity contribution is -0.142. The van der Waals surface area contributed by atoms with Gasteiger partial charge in [-0.25, -0.2) is 0 Å². The second kappa shape index (κ2) is 7.15. The third-order valence-corrected chi connectivity index (χ3v) is 3.61. The molecule has 0 atom stereocenters. The van der Waals surface area contributed by atoms with Crippen LogP contribution in [0.3, 0.4) is 0 Å². The average molecular weight is 306 g/mol. The van der Waals surface area contributed by atoms with Gasteiger partial charge in [-0.15, -0.1) is 0 Å². The minimum atomic E-state index is -0.0318. The summed E-state index contributed by atoms with van der Waals surface area (Å²) in [6, 6.07) is 7.44. The smallest absolute Gasteiger partial charge is 0.223 e. The van der Waals surface area contributed by atoms with Gasteiger partial charge in [0, 0.05) is 26.9 Å². The molecule has 0 saturated carbocycles. The summed E-state index contributed by atoms with van der Waals surface area (Å²) < 4.78 is 11.1. The molecule has 120 valence electrons. The highest BCUT2D eigenvalue weighted by Gasteiger charge is 2.32. The monoisotopic (exact) mass is 306 g/mol. The van der Waals surface area contributed by atoms with E-state index in [1.165, 1.54) is 4.90 Å². The first kappa shape index (κ1) is 16.1. The lowest BCUT2D eigenvalue weighted by Crippen LogP contribution is -2.56. The van der Waals surface area contributed by atoms with Crippen molar-refractivity contribution in [3.63, 3.8) is 0 Å².